The van der Waals surface area contributed by atoms with E-state index in [0.29, 0.717) is 18.1 Å². The van der Waals surface area contributed by atoms with Crippen molar-refractivity contribution in [2.75, 3.05) is 0 Å². The minimum absolute atomic E-state index is 0.541. The van der Waals surface area contributed by atoms with E-state index in [1.807, 2.05) is 48.5 Å². The van der Waals surface area contributed by atoms with Crippen LogP contribution in [0.15, 0.2) is 180 Å². The second-order valence-electron chi connectivity index (χ2n) is 13.1. The fourth-order valence-corrected chi connectivity index (χ4v) is 7.55. The molecule has 0 atom stereocenters. The van der Waals surface area contributed by atoms with Crippen LogP contribution >= 0.6 is 0 Å². The normalized spacial score (nSPS) is 11.5. The van der Waals surface area contributed by atoms with Crippen molar-refractivity contribution in [3.63, 3.8) is 0 Å². The minimum atomic E-state index is 0.541. The highest BCUT2D eigenvalue weighted by Crippen LogP contribution is 2.41. The third kappa shape index (κ3) is 5.21. The van der Waals surface area contributed by atoms with E-state index in [1.54, 1.807) is 0 Å². The highest BCUT2D eigenvalue weighted by molar-refractivity contribution is 6.10. The summed E-state index contributed by atoms with van der Waals surface area (Å²) in [4.78, 5) is 15.1. The number of hydrogen-bond acceptors (Lipinski definition) is 4. The average Bonchev–Trinajstić information content (AvgIpc) is 3.59. The SMILES string of the molecule is c1ccc(-c2nc(Cc3c(-c4ccc(-c5ccc6oc7ccccc7c6c5)c5ccccc45)ccc4ccccc34)nc(-c3ccccc3)n2)cc1. The summed E-state index contributed by atoms with van der Waals surface area (Å²) in [5.74, 6) is 2.07. The summed E-state index contributed by atoms with van der Waals surface area (Å²) in [6, 6.07) is 61.5. The summed E-state index contributed by atoms with van der Waals surface area (Å²) in [6.07, 6.45) is 0.541. The van der Waals surface area contributed by atoms with Crippen molar-refractivity contribution < 1.29 is 4.42 Å². The van der Waals surface area contributed by atoms with Gasteiger partial charge in [-0.15, -0.1) is 0 Å². The molecule has 2 aromatic heterocycles. The van der Waals surface area contributed by atoms with Gasteiger partial charge in [-0.1, -0.05) is 158 Å². The molecule has 0 amide bonds. The molecule has 10 rings (SSSR count). The fraction of sp³-hybridized carbons (Fsp3) is 0.0208. The smallest absolute Gasteiger partial charge is 0.163 e. The Labute approximate surface area is 300 Å². The predicted octanol–water partition coefficient (Wildman–Crippen LogP) is 12.3. The van der Waals surface area contributed by atoms with Crippen LogP contribution in [-0.4, -0.2) is 15.0 Å². The van der Waals surface area contributed by atoms with Gasteiger partial charge in [-0.3, -0.25) is 0 Å². The molecule has 0 N–H and O–H groups in total. The molecule has 0 aliphatic rings. The maximum Gasteiger partial charge on any atom is 0.163 e. The van der Waals surface area contributed by atoms with Crippen LogP contribution < -0.4 is 0 Å². The van der Waals surface area contributed by atoms with Crippen molar-refractivity contribution in [1.82, 2.24) is 15.0 Å². The van der Waals surface area contributed by atoms with Crippen LogP contribution in [0.3, 0.4) is 0 Å². The topological polar surface area (TPSA) is 51.8 Å². The molecule has 0 unspecified atom stereocenters. The van der Waals surface area contributed by atoms with E-state index in [9.17, 15) is 0 Å². The Balaban J connectivity index is 1.15. The molecule has 0 aliphatic heterocycles. The van der Waals surface area contributed by atoms with Crippen LogP contribution in [-0.2, 0) is 6.42 Å². The zero-order valence-electron chi connectivity index (χ0n) is 28.2. The van der Waals surface area contributed by atoms with E-state index in [1.165, 1.54) is 43.8 Å². The maximum absolute atomic E-state index is 6.16. The fourth-order valence-electron chi connectivity index (χ4n) is 7.55. The lowest BCUT2D eigenvalue weighted by Crippen LogP contribution is -2.05. The third-order valence-corrected chi connectivity index (χ3v) is 10.0. The number of fused-ring (bicyclic) bond motifs is 5. The van der Waals surface area contributed by atoms with Gasteiger partial charge in [0, 0.05) is 28.3 Å². The van der Waals surface area contributed by atoms with E-state index in [4.69, 9.17) is 19.4 Å². The molecular formula is C48H31N3O. The highest BCUT2D eigenvalue weighted by Gasteiger charge is 2.18. The second-order valence-corrected chi connectivity index (χ2v) is 13.1. The number of hydrogen-bond donors (Lipinski definition) is 0. The number of para-hydroxylation sites is 1. The summed E-state index contributed by atoms with van der Waals surface area (Å²) < 4.78 is 6.16. The number of furan rings is 1. The van der Waals surface area contributed by atoms with E-state index in [2.05, 4.69) is 127 Å². The van der Waals surface area contributed by atoms with Gasteiger partial charge in [0.25, 0.3) is 0 Å². The van der Waals surface area contributed by atoms with Crippen LogP contribution in [0.1, 0.15) is 11.4 Å². The summed E-state index contributed by atoms with van der Waals surface area (Å²) >= 11 is 0. The van der Waals surface area contributed by atoms with Crippen molar-refractivity contribution in [3.8, 4) is 45.0 Å². The van der Waals surface area contributed by atoms with Gasteiger partial charge in [0.15, 0.2) is 11.6 Å². The molecule has 2 heterocycles. The van der Waals surface area contributed by atoms with Gasteiger partial charge >= 0.3 is 0 Å². The zero-order chi connectivity index (χ0) is 34.4. The van der Waals surface area contributed by atoms with Crippen molar-refractivity contribution >= 4 is 43.5 Å². The summed E-state index contributed by atoms with van der Waals surface area (Å²) in [5.41, 5.74) is 9.61. The third-order valence-electron chi connectivity index (χ3n) is 10.0. The first-order valence-electron chi connectivity index (χ1n) is 17.6. The molecule has 10 aromatic rings. The Morgan fingerprint density at radius 1 is 0.365 bits per heavy atom. The molecule has 0 spiro atoms. The van der Waals surface area contributed by atoms with Crippen LogP contribution in [0.2, 0.25) is 0 Å². The molecule has 0 bridgehead atoms. The number of benzene rings is 8. The van der Waals surface area contributed by atoms with Gasteiger partial charge in [0.2, 0.25) is 0 Å². The molecule has 52 heavy (non-hydrogen) atoms. The Hall–Kier alpha value is -6.91. The Bertz CT molecular complexity index is 2870. The molecule has 0 fully saturated rings. The first kappa shape index (κ1) is 30.0. The van der Waals surface area contributed by atoms with Crippen LogP contribution in [0.5, 0.6) is 0 Å². The molecule has 0 saturated heterocycles. The van der Waals surface area contributed by atoms with Crippen LogP contribution in [0.4, 0.5) is 0 Å². The summed E-state index contributed by atoms with van der Waals surface area (Å²) in [7, 11) is 0. The quantitative estimate of drug-likeness (QED) is 0.177. The van der Waals surface area contributed by atoms with Crippen molar-refractivity contribution in [2.24, 2.45) is 0 Å². The molecular weight excluding hydrogens is 635 g/mol. The monoisotopic (exact) mass is 665 g/mol. The molecule has 0 radical (unpaired) electrons. The number of aromatic nitrogens is 3. The van der Waals surface area contributed by atoms with E-state index < -0.39 is 0 Å². The Morgan fingerprint density at radius 3 is 1.65 bits per heavy atom. The lowest BCUT2D eigenvalue weighted by Gasteiger charge is -2.17. The second kappa shape index (κ2) is 12.4. The zero-order valence-corrected chi connectivity index (χ0v) is 28.2. The number of rotatable bonds is 6. The van der Waals surface area contributed by atoms with Gasteiger partial charge < -0.3 is 4.42 Å². The molecule has 8 aromatic carbocycles. The van der Waals surface area contributed by atoms with Crippen molar-refractivity contribution in [3.05, 3.63) is 187 Å². The average molecular weight is 666 g/mol. The van der Waals surface area contributed by atoms with Gasteiger partial charge in [-0.05, 0) is 67.6 Å². The summed E-state index contributed by atoms with van der Waals surface area (Å²) in [5, 5.41) is 7.02. The highest BCUT2D eigenvalue weighted by atomic mass is 16.3. The van der Waals surface area contributed by atoms with Crippen molar-refractivity contribution in [2.45, 2.75) is 6.42 Å². The first-order valence-corrected chi connectivity index (χ1v) is 17.6. The predicted molar refractivity (Wildman–Crippen MR) is 213 cm³/mol. The van der Waals surface area contributed by atoms with Crippen LogP contribution in [0.25, 0.3) is 88.5 Å². The van der Waals surface area contributed by atoms with Crippen molar-refractivity contribution in [1.29, 1.82) is 0 Å². The molecule has 4 nitrogen and oxygen atoms in total. The van der Waals surface area contributed by atoms with Gasteiger partial charge in [0.05, 0.1) is 0 Å². The van der Waals surface area contributed by atoms with E-state index >= 15 is 0 Å². The lowest BCUT2D eigenvalue weighted by molar-refractivity contribution is 0.669. The van der Waals surface area contributed by atoms with E-state index in [-0.39, 0.29) is 0 Å². The van der Waals surface area contributed by atoms with Gasteiger partial charge in [0.1, 0.15) is 17.0 Å². The van der Waals surface area contributed by atoms with Crippen LogP contribution in [0, 0.1) is 0 Å². The number of nitrogens with zero attached hydrogens (tertiary/aromatic N) is 3. The Kier molecular flexibility index (Phi) is 7.17. The molecule has 4 heteroatoms. The minimum Gasteiger partial charge on any atom is -0.456 e. The van der Waals surface area contributed by atoms with Gasteiger partial charge in [-0.25, -0.2) is 15.0 Å². The Morgan fingerprint density at radius 2 is 0.923 bits per heavy atom. The molecule has 0 aliphatic carbocycles. The van der Waals surface area contributed by atoms with Gasteiger partial charge in [-0.2, -0.15) is 0 Å². The molecule has 244 valence electrons. The standard InChI is InChI=1S/C48H31N3O/c1-3-14-32(15-4-1)47-49-46(50-48(51-47)33-16-5-2-6-17-33)30-42-35-18-8-7-13-31(35)23-25-40(42)39-27-26-36(37-19-9-10-20-38(37)39)34-24-28-45-43(29-34)41-21-11-12-22-44(41)52-45/h1-29H,30H2. The molecule has 0 saturated carbocycles. The maximum atomic E-state index is 6.16. The largest absolute Gasteiger partial charge is 0.456 e. The van der Waals surface area contributed by atoms with E-state index in [0.717, 1.165) is 44.5 Å². The first-order chi connectivity index (χ1) is 25.8. The lowest BCUT2D eigenvalue weighted by atomic mass is 9.87. The summed E-state index contributed by atoms with van der Waals surface area (Å²) in [6.45, 7) is 0.